The summed E-state index contributed by atoms with van der Waals surface area (Å²) in [6.07, 6.45) is -3.42. The molecule has 0 bridgehead atoms. The molecule has 0 aromatic heterocycles. The van der Waals surface area contributed by atoms with E-state index >= 15 is 0 Å². The molecule has 1 heterocycles. The van der Waals surface area contributed by atoms with Gasteiger partial charge in [0.05, 0.1) is 5.56 Å². The van der Waals surface area contributed by atoms with Crippen molar-refractivity contribution < 1.29 is 13.2 Å². The molecule has 1 aromatic rings. The summed E-state index contributed by atoms with van der Waals surface area (Å²) in [7, 11) is 2.04. The minimum Gasteiger partial charge on any atom is -0.367 e. The summed E-state index contributed by atoms with van der Waals surface area (Å²) in [5.74, 6) is 0. The van der Waals surface area contributed by atoms with Crippen molar-refractivity contribution in [1.29, 1.82) is 0 Å². The molecule has 6 heteroatoms. The van der Waals surface area contributed by atoms with Gasteiger partial charge in [-0.05, 0) is 44.6 Å². The van der Waals surface area contributed by atoms with E-state index < -0.39 is 11.7 Å². The molecule has 1 aliphatic rings. The Hall–Kier alpha value is -1.27. The monoisotopic (exact) mass is 301 g/mol. The van der Waals surface area contributed by atoms with E-state index in [1.54, 1.807) is 6.07 Å². The average Bonchev–Trinajstić information content (AvgIpc) is 2.57. The van der Waals surface area contributed by atoms with Crippen molar-refractivity contribution >= 4 is 5.69 Å². The van der Waals surface area contributed by atoms with Crippen LogP contribution in [0.25, 0.3) is 0 Å². The van der Waals surface area contributed by atoms with Gasteiger partial charge in [0.1, 0.15) is 0 Å². The van der Waals surface area contributed by atoms with E-state index in [1.807, 2.05) is 14.0 Å². The number of nitrogens with zero attached hydrogens (tertiary/aromatic N) is 2. The van der Waals surface area contributed by atoms with E-state index in [0.29, 0.717) is 5.69 Å². The van der Waals surface area contributed by atoms with E-state index in [1.165, 1.54) is 12.1 Å². The van der Waals surface area contributed by atoms with Crippen molar-refractivity contribution in [3.05, 3.63) is 29.3 Å². The zero-order chi connectivity index (χ0) is 15.6. The van der Waals surface area contributed by atoms with Gasteiger partial charge in [-0.25, -0.2) is 0 Å². The maximum atomic E-state index is 13.1. The summed E-state index contributed by atoms with van der Waals surface area (Å²) in [4.78, 5) is 4.27. The van der Waals surface area contributed by atoms with Crippen LogP contribution in [-0.2, 0) is 12.7 Å². The third kappa shape index (κ3) is 3.68. The third-order valence-corrected chi connectivity index (χ3v) is 4.00. The predicted molar refractivity (Wildman–Crippen MR) is 78.3 cm³/mol. The number of likely N-dealkylation sites (N-methyl/N-ethyl adjacent to an activating group) is 1. The van der Waals surface area contributed by atoms with Gasteiger partial charge in [-0.3, -0.25) is 0 Å². The largest absolute Gasteiger partial charge is 0.416 e. The molecule has 118 valence electrons. The minimum atomic E-state index is -4.36. The van der Waals surface area contributed by atoms with Crippen molar-refractivity contribution in [3.63, 3.8) is 0 Å². The van der Waals surface area contributed by atoms with Gasteiger partial charge in [0, 0.05) is 31.4 Å². The van der Waals surface area contributed by atoms with E-state index in [-0.39, 0.29) is 18.2 Å². The quantitative estimate of drug-likeness (QED) is 0.911. The van der Waals surface area contributed by atoms with Crippen LogP contribution in [0.1, 0.15) is 24.5 Å². The van der Waals surface area contributed by atoms with Crippen LogP contribution in [0.4, 0.5) is 18.9 Å². The Morgan fingerprint density at radius 1 is 1.29 bits per heavy atom. The number of nitrogens with two attached hydrogens (primary N) is 1. The Balaban J connectivity index is 2.35. The van der Waals surface area contributed by atoms with Crippen LogP contribution in [0.2, 0.25) is 0 Å². The third-order valence-electron chi connectivity index (χ3n) is 4.00. The summed E-state index contributed by atoms with van der Waals surface area (Å²) in [5, 5.41) is 0. The Morgan fingerprint density at radius 2 is 2.00 bits per heavy atom. The second kappa shape index (κ2) is 6.23. The zero-order valence-electron chi connectivity index (χ0n) is 12.5. The van der Waals surface area contributed by atoms with Gasteiger partial charge >= 0.3 is 6.18 Å². The van der Waals surface area contributed by atoms with Gasteiger partial charge in [-0.15, -0.1) is 0 Å². The van der Waals surface area contributed by atoms with Gasteiger partial charge in [-0.1, -0.05) is 6.07 Å². The van der Waals surface area contributed by atoms with Crippen LogP contribution < -0.4 is 10.6 Å². The van der Waals surface area contributed by atoms with E-state index in [2.05, 4.69) is 9.80 Å². The molecular formula is C15H22F3N3. The lowest BCUT2D eigenvalue weighted by Crippen LogP contribution is -2.38. The van der Waals surface area contributed by atoms with Gasteiger partial charge in [-0.2, -0.15) is 13.2 Å². The Bertz CT molecular complexity index is 488. The Kier molecular flexibility index (Phi) is 4.78. The lowest BCUT2D eigenvalue weighted by atomic mass is 10.0. The fourth-order valence-electron chi connectivity index (χ4n) is 2.94. The highest BCUT2D eigenvalue weighted by Gasteiger charge is 2.34. The first kappa shape index (κ1) is 16.1. The normalized spacial score (nSPS) is 21.4. The molecule has 0 amide bonds. The molecule has 2 N–H and O–H groups in total. The molecule has 0 aliphatic carbocycles. The second-order valence-electron chi connectivity index (χ2n) is 5.70. The van der Waals surface area contributed by atoms with Gasteiger partial charge in [0.15, 0.2) is 0 Å². The lowest BCUT2D eigenvalue weighted by Gasteiger charge is -2.31. The van der Waals surface area contributed by atoms with E-state index in [4.69, 9.17) is 5.73 Å². The molecule has 0 radical (unpaired) electrons. The summed E-state index contributed by atoms with van der Waals surface area (Å²) < 4.78 is 39.4. The maximum Gasteiger partial charge on any atom is 0.416 e. The summed E-state index contributed by atoms with van der Waals surface area (Å²) in [6, 6.07) is 4.67. The molecule has 2 rings (SSSR count). The molecular weight excluding hydrogens is 279 g/mol. The highest BCUT2D eigenvalue weighted by atomic mass is 19.4. The summed E-state index contributed by atoms with van der Waals surface area (Å²) in [5.41, 5.74) is 5.58. The molecule has 0 spiro atoms. The highest BCUT2D eigenvalue weighted by molar-refractivity contribution is 5.53. The number of anilines is 1. The lowest BCUT2D eigenvalue weighted by molar-refractivity contribution is -0.138. The van der Waals surface area contributed by atoms with Crippen LogP contribution in [-0.4, -0.2) is 37.6 Å². The first-order chi connectivity index (χ1) is 9.82. The summed E-state index contributed by atoms with van der Waals surface area (Å²) in [6.45, 7) is 4.53. The minimum absolute atomic E-state index is 0.104. The molecule has 1 aliphatic heterocycles. The van der Waals surface area contributed by atoms with Crippen molar-refractivity contribution in [2.45, 2.75) is 32.1 Å². The predicted octanol–water partition coefficient (Wildman–Crippen LogP) is 2.69. The molecule has 1 saturated heterocycles. The van der Waals surface area contributed by atoms with Crippen molar-refractivity contribution in [3.8, 4) is 0 Å². The second-order valence-corrected chi connectivity index (χ2v) is 5.70. The van der Waals surface area contributed by atoms with Crippen LogP contribution in [0, 0.1) is 0 Å². The van der Waals surface area contributed by atoms with Crippen LogP contribution in [0.3, 0.4) is 0 Å². The molecule has 3 nitrogen and oxygen atoms in total. The van der Waals surface area contributed by atoms with Crippen LogP contribution >= 0.6 is 0 Å². The van der Waals surface area contributed by atoms with Crippen molar-refractivity contribution in [2.24, 2.45) is 5.73 Å². The number of benzene rings is 1. The summed E-state index contributed by atoms with van der Waals surface area (Å²) >= 11 is 0. The average molecular weight is 301 g/mol. The maximum absolute atomic E-state index is 13.1. The smallest absolute Gasteiger partial charge is 0.367 e. The Morgan fingerprint density at radius 3 is 2.62 bits per heavy atom. The molecule has 0 saturated carbocycles. The topological polar surface area (TPSA) is 32.5 Å². The number of rotatable bonds is 2. The first-order valence-electron chi connectivity index (χ1n) is 7.18. The SMILES string of the molecule is CC1CN(C)CCCN1c1ccc(CN)c(C(F)(F)F)c1. The van der Waals surface area contributed by atoms with Crippen LogP contribution in [0.15, 0.2) is 18.2 Å². The molecule has 21 heavy (non-hydrogen) atoms. The zero-order valence-corrected chi connectivity index (χ0v) is 12.5. The fraction of sp³-hybridized carbons (Fsp3) is 0.600. The van der Waals surface area contributed by atoms with E-state index in [9.17, 15) is 13.2 Å². The first-order valence-corrected chi connectivity index (χ1v) is 7.18. The van der Waals surface area contributed by atoms with Gasteiger partial charge < -0.3 is 15.5 Å². The number of alkyl halides is 3. The molecule has 1 unspecified atom stereocenters. The van der Waals surface area contributed by atoms with Crippen LogP contribution in [0.5, 0.6) is 0 Å². The van der Waals surface area contributed by atoms with Gasteiger partial charge in [0.2, 0.25) is 0 Å². The van der Waals surface area contributed by atoms with E-state index in [0.717, 1.165) is 26.1 Å². The number of hydrogen-bond donors (Lipinski definition) is 1. The molecule has 1 fully saturated rings. The highest BCUT2D eigenvalue weighted by Crippen LogP contribution is 2.35. The molecule has 1 aromatic carbocycles. The van der Waals surface area contributed by atoms with Crippen molar-refractivity contribution in [2.75, 3.05) is 31.6 Å². The molecule has 1 atom stereocenters. The van der Waals surface area contributed by atoms with Crippen molar-refractivity contribution in [1.82, 2.24) is 4.90 Å². The number of hydrogen-bond acceptors (Lipinski definition) is 3. The fourth-order valence-corrected chi connectivity index (χ4v) is 2.94. The standard InChI is InChI=1S/C15H22F3N3/c1-11-10-20(2)6-3-7-21(11)13-5-4-12(9-19)14(8-13)15(16,17)18/h4-5,8,11H,3,6-7,9-10,19H2,1-2H3. The Labute approximate surface area is 123 Å². The number of halogens is 3. The van der Waals surface area contributed by atoms with Gasteiger partial charge in [0.25, 0.3) is 0 Å².